The van der Waals surface area contributed by atoms with E-state index >= 15 is 0 Å². The summed E-state index contributed by atoms with van der Waals surface area (Å²) in [5.41, 5.74) is 3.34. The third kappa shape index (κ3) is 6.59. The Morgan fingerprint density at radius 3 is 2.47 bits per heavy atom. The number of anilines is 2. The van der Waals surface area contributed by atoms with E-state index in [-0.39, 0.29) is 11.5 Å². The highest BCUT2D eigenvalue weighted by Crippen LogP contribution is 2.41. The maximum absolute atomic E-state index is 13.2. The molecule has 1 fully saturated rings. The lowest BCUT2D eigenvalue weighted by atomic mass is 10.0. The Morgan fingerprint density at radius 2 is 1.72 bits per heavy atom. The molecule has 3 aromatic heterocycles. The van der Waals surface area contributed by atoms with Gasteiger partial charge in [-0.3, -0.25) is 18.9 Å². The highest BCUT2D eigenvalue weighted by Gasteiger charge is 2.18. The second kappa shape index (κ2) is 14.1. The van der Waals surface area contributed by atoms with Crippen LogP contribution in [0, 0.1) is 0 Å². The zero-order valence-electron chi connectivity index (χ0n) is 25.6. The first-order chi connectivity index (χ1) is 21.1. The Labute approximate surface area is 256 Å². The molecule has 1 amide bonds. The lowest BCUT2D eigenvalue weighted by molar-refractivity contribution is -0.118. The van der Waals surface area contributed by atoms with Gasteiger partial charge in [0.1, 0.15) is 11.5 Å². The fourth-order valence-electron chi connectivity index (χ4n) is 5.62. The number of ether oxygens (including phenoxy) is 1. The quantitative estimate of drug-likeness (QED) is 0.204. The Morgan fingerprint density at radius 1 is 0.977 bits per heavy atom. The maximum Gasteiger partial charge on any atom is 0.259 e. The monoisotopic (exact) mass is 599 g/mol. The zero-order chi connectivity index (χ0) is 30.3. The molecule has 0 spiro atoms. The summed E-state index contributed by atoms with van der Waals surface area (Å²) in [5.74, 6) is 0.710. The molecule has 1 aliphatic rings. The minimum atomic E-state index is -0.0787. The lowest BCUT2D eigenvalue weighted by Crippen LogP contribution is -2.41. The van der Waals surface area contributed by atoms with Crippen molar-refractivity contribution < 1.29 is 9.53 Å². The van der Waals surface area contributed by atoms with Gasteiger partial charge in [0, 0.05) is 75.4 Å². The number of amides is 1. The first-order valence-corrected chi connectivity index (χ1v) is 16.2. The van der Waals surface area contributed by atoms with Gasteiger partial charge in [0.15, 0.2) is 0 Å². The Balaban J connectivity index is 0.00000180. The van der Waals surface area contributed by atoms with Crippen molar-refractivity contribution in [1.82, 2.24) is 14.3 Å². The number of pyridine rings is 1. The van der Waals surface area contributed by atoms with Crippen LogP contribution < -0.4 is 15.8 Å². The molecule has 9 heteroatoms. The van der Waals surface area contributed by atoms with Gasteiger partial charge in [-0.15, -0.1) is 11.3 Å². The third-order valence-electron chi connectivity index (χ3n) is 7.53. The van der Waals surface area contributed by atoms with Gasteiger partial charge < -0.3 is 15.0 Å². The molecule has 0 bridgehead atoms. The number of carbonyl (C=O) groups excluding carboxylic acids is 1. The van der Waals surface area contributed by atoms with Crippen LogP contribution in [0.15, 0.2) is 65.6 Å². The van der Waals surface area contributed by atoms with E-state index in [2.05, 4.69) is 59.3 Å². The zero-order valence-corrected chi connectivity index (χ0v) is 26.4. The van der Waals surface area contributed by atoms with Gasteiger partial charge in [0.2, 0.25) is 5.91 Å². The molecular weight excluding hydrogens is 558 g/mol. The molecule has 1 saturated heterocycles. The third-order valence-corrected chi connectivity index (χ3v) is 8.75. The number of fused-ring (bicyclic) bond motifs is 4. The number of nitrogens with zero attached hydrogens (tertiary/aromatic N) is 4. The first-order valence-electron chi connectivity index (χ1n) is 15.4. The molecule has 8 nitrogen and oxygen atoms in total. The van der Waals surface area contributed by atoms with Gasteiger partial charge in [-0.25, -0.2) is 4.98 Å². The number of nitrogens with one attached hydrogen (secondary N) is 1. The van der Waals surface area contributed by atoms with Crippen molar-refractivity contribution in [2.45, 2.75) is 40.5 Å². The van der Waals surface area contributed by atoms with Crippen molar-refractivity contribution >= 4 is 54.6 Å². The predicted molar refractivity (Wildman–Crippen MR) is 180 cm³/mol. The number of carbonyl (C=O) groups is 1. The van der Waals surface area contributed by atoms with E-state index in [1.165, 1.54) is 0 Å². The van der Waals surface area contributed by atoms with Crippen LogP contribution in [-0.2, 0) is 9.53 Å². The number of aromatic nitrogens is 2. The topological polar surface area (TPSA) is 79.2 Å². The van der Waals surface area contributed by atoms with Crippen LogP contribution in [0.3, 0.4) is 0 Å². The number of rotatable bonds is 9. The molecule has 43 heavy (non-hydrogen) atoms. The second-order valence-corrected chi connectivity index (χ2v) is 11.5. The normalized spacial score (nSPS) is 13.7. The molecule has 0 saturated carbocycles. The summed E-state index contributed by atoms with van der Waals surface area (Å²) in [6.45, 7) is 13.2. The molecule has 2 aromatic carbocycles. The fourth-order valence-corrected chi connectivity index (χ4v) is 6.83. The van der Waals surface area contributed by atoms with Crippen molar-refractivity contribution in [3.8, 4) is 11.1 Å². The molecule has 6 rings (SSSR count). The Kier molecular flexibility index (Phi) is 10.1. The van der Waals surface area contributed by atoms with Crippen LogP contribution in [0.5, 0.6) is 0 Å². The van der Waals surface area contributed by atoms with Crippen LogP contribution >= 0.6 is 11.3 Å². The molecule has 5 aromatic rings. The molecule has 0 unspecified atom stereocenters. The van der Waals surface area contributed by atoms with Crippen molar-refractivity contribution in [2.24, 2.45) is 0 Å². The smallest absolute Gasteiger partial charge is 0.259 e. The van der Waals surface area contributed by atoms with Gasteiger partial charge in [-0.2, -0.15) is 0 Å². The number of thiophene rings is 1. The lowest BCUT2D eigenvalue weighted by Gasteiger charge is -2.25. The van der Waals surface area contributed by atoms with Gasteiger partial charge in [-0.1, -0.05) is 45.9 Å². The molecule has 1 aliphatic heterocycles. The van der Waals surface area contributed by atoms with E-state index in [9.17, 15) is 9.59 Å². The summed E-state index contributed by atoms with van der Waals surface area (Å²) < 4.78 is 9.30. The average Bonchev–Trinajstić information content (AvgIpc) is 3.40. The highest BCUT2D eigenvalue weighted by atomic mass is 32.1. The van der Waals surface area contributed by atoms with Gasteiger partial charge >= 0.3 is 0 Å². The van der Waals surface area contributed by atoms with Crippen LogP contribution in [0.25, 0.3) is 36.9 Å². The summed E-state index contributed by atoms with van der Waals surface area (Å²) in [6, 6.07) is 18.0. The van der Waals surface area contributed by atoms with Gasteiger partial charge in [0.05, 0.1) is 19.8 Å². The van der Waals surface area contributed by atoms with E-state index < -0.39 is 0 Å². The predicted octanol–water partition coefficient (Wildman–Crippen LogP) is 6.65. The second-order valence-electron chi connectivity index (χ2n) is 10.5. The summed E-state index contributed by atoms with van der Waals surface area (Å²) in [6.07, 6.45) is 3.76. The van der Waals surface area contributed by atoms with E-state index in [0.717, 1.165) is 81.8 Å². The van der Waals surface area contributed by atoms with Crippen molar-refractivity contribution in [2.75, 3.05) is 56.2 Å². The summed E-state index contributed by atoms with van der Waals surface area (Å²) >= 11 is 1.72. The minimum absolute atomic E-state index is 0.0188. The SMILES string of the molecule is CC.CCCN(CCC)c1cc(=O)n2cccc(-c3cccc4c3sc3ccc(NC(=O)CN5CCOCC5)cc34)c2n1. The summed E-state index contributed by atoms with van der Waals surface area (Å²) in [7, 11) is 0. The Bertz CT molecular complexity index is 1770. The largest absolute Gasteiger partial charge is 0.379 e. The van der Waals surface area contributed by atoms with E-state index in [0.29, 0.717) is 25.4 Å². The highest BCUT2D eigenvalue weighted by molar-refractivity contribution is 7.26. The molecule has 0 radical (unpaired) electrons. The van der Waals surface area contributed by atoms with Crippen molar-refractivity contribution in [3.05, 3.63) is 71.1 Å². The molecule has 0 aliphatic carbocycles. The first kappa shape index (κ1) is 30.7. The van der Waals surface area contributed by atoms with E-state index in [1.54, 1.807) is 28.0 Å². The number of hydrogen-bond acceptors (Lipinski definition) is 7. The molecular formula is C34H41N5O3S. The Hall–Kier alpha value is -3.79. The van der Waals surface area contributed by atoms with Gasteiger partial charge in [-0.05, 0) is 43.2 Å². The number of benzene rings is 2. The summed E-state index contributed by atoms with van der Waals surface area (Å²) in [5, 5.41) is 5.29. The van der Waals surface area contributed by atoms with E-state index in [1.807, 2.05) is 32.0 Å². The van der Waals surface area contributed by atoms with Crippen LogP contribution in [0.2, 0.25) is 0 Å². The average molecular weight is 600 g/mol. The molecule has 1 N–H and O–H groups in total. The number of hydrogen-bond donors (Lipinski definition) is 1. The van der Waals surface area contributed by atoms with Crippen LogP contribution in [-0.4, -0.2) is 66.1 Å². The van der Waals surface area contributed by atoms with E-state index in [4.69, 9.17) is 9.72 Å². The fraction of sp³-hybridized carbons (Fsp3) is 0.382. The van der Waals surface area contributed by atoms with Crippen LogP contribution in [0.4, 0.5) is 11.5 Å². The summed E-state index contributed by atoms with van der Waals surface area (Å²) in [4.78, 5) is 35.3. The maximum atomic E-state index is 13.2. The minimum Gasteiger partial charge on any atom is -0.379 e. The molecule has 4 heterocycles. The van der Waals surface area contributed by atoms with Gasteiger partial charge in [0.25, 0.3) is 5.56 Å². The standard InChI is InChI=1S/C32H35N5O3S.C2H6/c1-3-12-36(13-4-2)28-20-30(39)37-14-6-9-25(32(37)34-28)23-7-5-8-24-26-19-22(10-11-27(26)41-31(23)24)33-29(38)21-35-15-17-40-18-16-35;1-2/h5-11,14,19-20H,3-4,12-13,15-18,21H2,1-2H3,(H,33,38);1-2H3. The molecule has 226 valence electrons. The number of morpholine rings is 1. The van der Waals surface area contributed by atoms with Crippen LogP contribution in [0.1, 0.15) is 40.5 Å². The van der Waals surface area contributed by atoms with Crippen molar-refractivity contribution in [1.29, 1.82) is 0 Å². The molecule has 0 atom stereocenters. The van der Waals surface area contributed by atoms with Crippen molar-refractivity contribution in [3.63, 3.8) is 0 Å².